The summed E-state index contributed by atoms with van der Waals surface area (Å²) in [4.78, 5) is 4.83. The molecule has 0 radical (unpaired) electrons. The van der Waals surface area contributed by atoms with Gasteiger partial charge in [0.25, 0.3) is 0 Å². The number of fused-ring (bicyclic) bond motifs is 4. The number of hydrogen-bond acceptors (Lipinski definition) is 3. The van der Waals surface area contributed by atoms with Crippen LogP contribution in [0.1, 0.15) is 0 Å². The van der Waals surface area contributed by atoms with Gasteiger partial charge in [0.1, 0.15) is 5.69 Å². The summed E-state index contributed by atoms with van der Waals surface area (Å²) in [5, 5.41) is 0. The van der Waals surface area contributed by atoms with Gasteiger partial charge in [-0.15, -0.1) is 0 Å². The predicted molar refractivity (Wildman–Crippen MR) is 85.3 cm³/mol. The summed E-state index contributed by atoms with van der Waals surface area (Å²) in [6, 6.07) is 23.0. The number of hydrogen-bond donors (Lipinski definition) is 0. The number of para-hydroxylation sites is 4. The zero-order valence-electron chi connectivity index (χ0n) is 11.1. The highest BCUT2D eigenvalue weighted by Gasteiger charge is 2.32. The second-order valence-electron chi connectivity index (χ2n) is 5.08. The van der Waals surface area contributed by atoms with Gasteiger partial charge in [-0.2, -0.15) is 0 Å². The van der Waals surface area contributed by atoms with E-state index in [9.17, 15) is 0 Å². The van der Waals surface area contributed by atoms with Crippen LogP contribution in [0.25, 0.3) is 0 Å². The molecule has 0 N–H and O–H groups in total. The van der Waals surface area contributed by atoms with Crippen LogP contribution < -0.4 is 9.64 Å². The van der Waals surface area contributed by atoms with Crippen molar-refractivity contribution in [1.29, 1.82) is 0 Å². The van der Waals surface area contributed by atoms with E-state index in [1.54, 1.807) is 11.8 Å². The number of ether oxygens (including phenoxy) is 1. The molecule has 0 bridgehead atoms. The average molecular weight is 289 g/mol. The van der Waals surface area contributed by atoms with E-state index in [2.05, 4.69) is 53.4 Å². The maximum Gasteiger partial charge on any atom is 0.152 e. The number of benzene rings is 3. The number of anilines is 3. The van der Waals surface area contributed by atoms with Crippen molar-refractivity contribution in [2.75, 3.05) is 4.90 Å². The summed E-state index contributed by atoms with van der Waals surface area (Å²) in [7, 11) is 0. The maximum absolute atomic E-state index is 6.08. The van der Waals surface area contributed by atoms with Crippen molar-refractivity contribution < 1.29 is 4.74 Å². The second-order valence-corrected chi connectivity index (χ2v) is 6.16. The van der Waals surface area contributed by atoms with Gasteiger partial charge < -0.3 is 9.64 Å². The Kier molecular flexibility index (Phi) is 2.18. The number of rotatable bonds is 0. The third-order valence-electron chi connectivity index (χ3n) is 3.84. The predicted octanol–water partition coefficient (Wildman–Crippen LogP) is 5.73. The van der Waals surface area contributed by atoms with Gasteiger partial charge in [0.05, 0.1) is 11.4 Å². The largest absolute Gasteiger partial charge is 0.453 e. The highest BCUT2D eigenvalue weighted by atomic mass is 32.2. The highest BCUT2D eigenvalue weighted by molar-refractivity contribution is 7.99. The molecule has 2 heterocycles. The Labute approximate surface area is 127 Å². The van der Waals surface area contributed by atoms with Gasteiger partial charge in [-0.25, -0.2) is 0 Å². The van der Waals surface area contributed by atoms with Crippen LogP contribution in [0.4, 0.5) is 17.1 Å². The fourth-order valence-corrected chi connectivity index (χ4v) is 4.03. The van der Waals surface area contributed by atoms with Crippen molar-refractivity contribution in [3.05, 3.63) is 66.7 Å². The van der Waals surface area contributed by atoms with Crippen molar-refractivity contribution in [1.82, 2.24) is 0 Å². The van der Waals surface area contributed by atoms with Crippen LogP contribution in [-0.4, -0.2) is 0 Å². The first-order chi connectivity index (χ1) is 10.4. The summed E-state index contributed by atoms with van der Waals surface area (Å²) in [5.41, 5.74) is 3.48. The molecule has 2 aliphatic rings. The standard InChI is InChI=1S/C18H11NOS/c1-3-8-14-12(6-1)19-13-7-2-4-10-16(13)21-17-11-5-9-15(20-14)18(17)19/h1-11H. The molecule has 0 aromatic heterocycles. The SMILES string of the molecule is c1ccc2c(c1)Oc1cccc3c1N2c1ccccc1S3. The van der Waals surface area contributed by atoms with Crippen LogP contribution in [0, 0.1) is 0 Å². The first kappa shape index (κ1) is 11.3. The van der Waals surface area contributed by atoms with Crippen LogP contribution in [0.15, 0.2) is 76.5 Å². The van der Waals surface area contributed by atoms with Gasteiger partial charge in [0, 0.05) is 9.79 Å². The van der Waals surface area contributed by atoms with E-state index in [4.69, 9.17) is 4.74 Å². The first-order valence-electron chi connectivity index (χ1n) is 6.89. The Morgan fingerprint density at radius 2 is 1.38 bits per heavy atom. The fourth-order valence-electron chi connectivity index (χ4n) is 2.95. The van der Waals surface area contributed by atoms with Gasteiger partial charge in [0.15, 0.2) is 11.5 Å². The lowest BCUT2D eigenvalue weighted by atomic mass is 10.1. The molecule has 0 unspecified atom stereocenters. The molecule has 0 amide bonds. The molecule has 0 saturated carbocycles. The third-order valence-corrected chi connectivity index (χ3v) is 4.95. The Morgan fingerprint density at radius 3 is 2.33 bits per heavy atom. The molecule has 2 aliphatic heterocycles. The van der Waals surface area contributed by atoms with E-state index in [-0.39, 0.29) is 0 Å². The molecular weight excluding hydrogens is 278 g/mol. The lowest BCUT2D eigenvalue weighted by Gasteiger charge is -2.37. The molecular formula is C18H11NOS. The first-order valence-corrected chi connectivity index (χ1v) is 7.70. The maximum atomic E-state index is 6.08. The van der Waals surface area contributed by atoms with E-state index in [0.29, 0.717) is 0 Å². The smallest absolute Gasteiger partial charge is 0.152 e. The molecule has 2 nitrogen and oxygen atoms in total. The lowest BCUT2D eigenvalue weighted by molar-refractivity contribution is 0.475. The van der Waals surface area contributed by atoms with Crippen molar-refractivity contribution >= 4 is 28.8 Å². The highest BCUT2D eigenvalue weighted by Crippen LogP contribution is 2.59. The Morgan fingerprint density at radius 1 is 0.667 bits per heavy atom. The van der Waals surface area contributed by atoms with Crippen molar-refractivity contribution in [3.63, 3.8) is 0 Å². The minimum atomic E-state index is 0.906. The van der Waals surface area contributed by atoms with Gasteiger partial charge in [-0.05, 0) is 36.4 Å². The summed E-state index contributed by atoms with van der Waals surface area (Å²) in [6.45, 7) is 0. The molecule has 3 heteroatoms. The van der Waals surface area contributed by atoms with Crippen LogP contribution in [0.3, 0.4) is 0 Å². The third kappa shape index (κ3) is 1.49. The molecule has 21 heavy (non-hydrogen) atoms. The normalized spacial score (nSPS) is 13.8. The average Bonchev–Trinajstić information content (AvgIpc) is 2.54. The molecule has 0 saturated heterocycles. The molecule has 3 aromatic carbocycles. The van der Waals surface area contributed by atoms with Gasteiger partial charge in [0.2, 0.25) is 0 Å². The second kappa shape index (κ2) is 4.06. The molecule has 0 fully saturated rings. The summed E-state index contributed by atoms with van der Waals surface area (Å²) in [6.07, 6.45) is 0. The Balaban J connectivity index is 1.88. The zero-order valence-corrected chi connectivity index (χ0v) is 11.9. The molecule has 100 valence electrons. The zero-order chi connectivity index (χ0) is 13.8. The van der Waals surface area contributed by atoms with Crippen LogP contribution in [0.5, 0.6) is 11.5 Å². The van der Waals surface area contributed by atoms with Crippen LogP contribution in [-0.2, 0) is 0 Å². The Bertz CT molecular complexity index is 807. The van der Waals surface area contributed by atoms with Crippen molar-refractivity contribution in [2.24, 2.45) is 0 Å². The lowest BCUT2D eigenvalue weighted by Crippen LogP contribution is -2.19. The number of nitrogens with zero attached hydrogens (tertiary/aromatic N) is 1. The Hall–Kier alpha value is -2.39. The van der Waals surface area contributed by atoms with Gasteiger partial charge >= 0.3 is 0 Å². The topological polar surface area (TPSA) is 12.5 Å². The van der Waals surface area contributed by atoms with Crippen LogP contribution in [0.2, 0.25) is 0 Å². The molecule has 3 aromatic rings. The van der Waals surface area contributed by atoms with Crippen LogP contribution >= 0.6 is 11.8 Å². The molecule has 5 rings (SSSR count). The van der Waals surface area contributed by atoms with E-state index in [0.717, 1.165) is 22.9 Å². The van der Waals surface area contributed by atoms with E-state index in [1.165, 1.54) is 15.5 Å². The van der Waals surface area contributed by atoms with Crippen molar-refractivity contribution in [2.45, 2.75) is 9.79 Å². The van der Waals surface area contributed by atoms with E-state index < -0.39 is 0 Å². The summed E-state index contributed by atoms with van der Waals surface area (Å²) in [5.74, 6) is 1.83. The molecule has 0 atom stereocenters. The van der Waals surface area contributed by atoms with Gasteiger partial charge in [-0.3, -0.25) is 0 Å². The van der Waals surface area contributed by atoms with E-state index in [1.807, 2.05) is 18.2 Å². The molecule has 0 spiro atoms. The van der Waals surface area contributed by atoms with Crippen molar-refractivity contribution in [3.8, 4) is 11.5 Å². The summed E-state index contributed by atoms with van der Waals surface area (Å²) < 4.78 is 6.08. The minimum Gasteiger partial charge on any atom is -0.453 e. The van der Waals surface area contributed by atoms with E-state index >= 15 is 0 Å². The molecule has 0 aliphatic carbocycles. The monoisotopic (exact) mass is 289 g/mol. The quantitative estimate of drug-likeness (QED) is 0.361. The minimum absolute atomic E-state index is 0.906. The summed E-state index contributed by atoms with van der Waals surface area (Å²) >= 11 is 1.80. The fraction of sp³-hybridized carbons (Fsp3) is 0. The van der Waals surface area contributed by atoms with Gasteiger partial charge in [-0.1, -0.05) is 42.1 Å².